The van der Waals surface area contributed by atoms with Crippen LogP contribution in [-0.4, -0.2) is 49.7 Å². The molecular formula is C14H27ClN2O2. The molecule has 2 saturated heterocycles. The highest BCUT2D eigenvalue weighted by atomic mass is 35.5. The standard InChI is InChI=1S/C14H26N2O2.ClH/c1-11(2)5-8-18-13-3-6-16(7-4-13)14(17)12-9-15-10-12;/h11-13,15H,3-10H2,1-2H3;1H. The minimum atomic E-state index is 0. The lowest BCUT2D eigenvalue weighted by atomic mass is 9.99. The highest BCUT2D eigenvalue weighted by Gasteiger charge is 2.31. The quantitative estimate of drug-likeness (QED) is 0.838. The van der Waals surface area contributed by atoms with Crippen LogP contribution >= 0.6 is 12.4 Å². The number of nitrogens with one attached hydrogen (secondary N) is 1. The molecule has 2 rings (SSSR count). The fourth-order valence-electron chi connectivity index (χ4n) is 2.43. The number of rotatable bonds is 5. The molecule has 112 valence electrons. The van der Waals surface area contributed by atoms with Gasteiger partial charge in [0.25, 0.3) is 0 Å². The van der Waals surface area contributed by atoms with Gasteiger partial charge in [-0.05, 0) is 25.2 Å². The van der Waals surface area contributed by atoms with Crippen molar-refractivity contribution in [2.24, 2.45) is 11.8 Å². The lowest BCUT2D eigenvalue weighted by molar-refractivity contribution is -0.139. The van der Waals surface area contributed by atoms with Crippen molar-refractivity contribution in [1.82, 2.24) is 10.2 Å². The van der Waals surface area contributed by atoms with Crippen LogP contribution in [0.4, 0.5) is 0 Å². The van der Waals surface area contributed by atoms with Crippen molar-refractivity contribution in [2.75, 3.05) is 32.8 Å². The van der Waals surface area contributed by atoms with E-state index in [1.54, 1.807) is 0 Å². The predicted octanol–water partition coefficient (Wildman–Crippen LogP) is 1.68. The lowest BCUT2D eigenvalue weighted by Crippen LogP contribution is -2.53. The van der Waals surface area contributed by atoms with Crippen LogP contribution in [0.1, 0.15) is 33.1 Å². The Labute approximate surface area is 122 Å². The molecule has 0 aromatic rings. The van der Waals surface area contributed by atoms with E-state index < -0.39 is 0 Å². The second-order valence-corrected chi connectivity index (χ2v) is 5.93. The number of piperidine rings is 1. The number of hydrogen-bond acceptors (Lipinski definition) is 3. The van der Waals surface area contributed by atoms with E-state index >= 15 is 0 Å². The van der Waals surface area contributed by atoms with Crippen LogP contribution in [0, 0.1) is 11.8 Å². The van der Waals surface area contributed by atoms with E-state index in [0.717, 1.165) is 52.0 Å². The Morgan fingerprint density at radius 3 is 2.42 bits per heavy atom. The Balaban J connectivity index is 0.00000180. The summed E-state index contributed by atoms with van der Waals surface area (Å²) in [5, 5.41) is 3.16. The van der Waals surface area contributed by atoms with Gasteiger partial charge in [-0.3, -0.25) is 4.79 Å². The average molecular weight is 291 g/mol. The van der Waals surface area contributed by atoms with Crippen molar-refractivity contribution in [1.29, 1.82) is 0 Å². The number of carbonyl (C=O) groups excluding carboxylic acids is 1. The van der Waals surface area contributed by atoms with Gasteiger partial charge in [-0.25, -0.2) is 0 Å². The van der Waals surface area contributed by atoms with Crippen LogP contribution in [0.3, 0.4) is 0 Å². The first kappa shape index (κ1) is 16.7. The Morgan fingerprint density at radius 2 is 1.95 bits per heavy atom. The molecule has 0 radical (unpaired) electrons. The van der Waals surface area contributed by atoms with Crippen molar-refractivity contribution in [3.05, 3.63) is 0 Å². The van der Waals surface area contributed by atoms with E-state index in [4.69, 9.17) is 4.74 Å². The molecule has 4 nitrogen and oxygen atoms in total. The van der Waals surface area contributed by atoms with Crippen LogP contribution in [0.25, 0.3) is 0 Å². The molecule has 0 unspecified atom stereocenters. The molecule has 0 aliphatic carbocycles. The SMILES string of the molecule is CC(C)CCOC1CCN(C(=O)C2CNC2)CC1.Cl. The van der Waals surface area contributed by atoms with Crippen molar-refractivity contribution < 1.29 is 9.53 Å². The maximum atomic E-state index is 12.0. The van der Waals surface area contributed by atoms with Gasteiger partial charge in [0.05, 0.1) is 12.0 Å². The maximum absolute atomic E-state index is 12.0. The van der Waals surface area contributed by atoms with E-state index in [9.17, 15) is 4.79 Å². The molecule has 0 aromatic heterocycles. The maximum Gasteiger partial charge on any atom is 0.228 e. The summed E-state index contributed by atoms with van der Waals surface area (Å²) in [6, 6.07) is 0. The first-order valence-electron chi connectivity index (χ1n) is 7.28. The smallest absolute Gasteiger partial charge is 0.228 e. The van der Waals surface area contributed by atoms with Gasteiger partial charge in [0, 0.05) is 32.8 Å². The number of nitrogens with zero attached hydrogens (tertiary/aromatic N) is 1. The summed E-state index contributed by atoms with van der Waals surface area (Å²) >= 11 is 0. The summed E-state index contributed by atoms with van der Waals surface area (Å²) in [6.45, 7) is 8.79. The summed E-state index contributed by atoms with van der Waals surface area (Å²) in [5.74, 6) is 1.29. The first-order valence-corrected chi connectivity index (χ1v) is 7.28. The largest absolute Gasteiger partial charge is 0.378 e. The molecule has 1 N–H and O–H groups in total. The van der Waals surface area contributed by atoms with Crippen LogP contribution in [0.5, 0.6) is 0 Å². The summed E-state index contributed by atoms with van der Waals surface area (Å²) in [5.41, 5.74) is 0. The zero-order chi connectivity index (χ0) is 13.0. The Hall–Kier alpha value is -0.320. The zero-order valence-corrected chi connectivity index (χ0v) is 12.9. The normalized spacial score (nSPS) is 21.1. The fraction of sp³-hybridized carbons (Fsp3) is 0.929. The van der Waals surface area contributed by atoms with Crippen LogP contribution in [0.15, 0.2) is 0 Å². The lowest BCUT2D eigenvalue weighted by Gasteiger charge is -2.36. The third-order valence-electron chi connectivity index (χ3n) is 3.93. The Morgan fingerprint density at radius 1 is 1.32 bits per heavy atom. The molecule has 1 amide bonds. The van der Waals surface area contributed by atoms with Gasteiger partial charge in [0.2, 0.25) is 5.91 Å². The molecule has 0 bridgehead atoms. The van der Waals surface area contributed by atoms with Crippen molar-refractivity contribution in [2.45, 2.75) is 39.2 Å². The summed E-state index contributed by atoms with van der Waals surface area (Å²) in [4.78, 5) is 14.1. The topological polar surface area (TPSA) is 41.6 Å². The number of amides is 1. The minimum absolute atomic E-state index is 0. The highest BCUT2D eigenvalue weighted by Crippen LogP contribution is 2.18. The van der Waals surface area contributed by atoms with Gasteiger partial charge in [0.15, 0.2) is 0 Å². The summed E-state index contributed by atoms with van der Waals surface area (Å²) < 4.78 is 5.87. The monoisotopic (exact) mass is 290 g/mol. The Kier molecular flexibility index (Phi) is 7.11. The van der Waals surface area contributed by atoms with Crippen molar-refractivity contribution >= 4 is 18.3 Å². The second kappa shape index (κ2) is 8.08. The molecule has 0 aromatic carbocycles. The number of halogens is 1. The molecular weight excluding hydrogens is 264 g/mol. The third-order valence-corrected chi connectivity index (χ3v) is 3.93. The van der Waals surface area contributed by atoms with Crippen molar-refractivity contribution in [3.63, 3.8) is 0 Å². The molecule has 0 atom stereocenters. The Bertz CT molecular complexity index is 275. The first-order chi connectivity index (χ1) is 8.66. The number of likely N-dealkylation sites (tertiary alicyclic amines) is 1. The molecule has 2 fully saturated rings. The predicted molar refractivity (Wildman–Crippen MR) is 78.6 cm³/mol. The molecule has 19 heavy (non-hydrogen) atoms. The number of hydrogen-bond donors (Lipinski definition) is 1. The molecule has 0 spiro atoms. The molecule has 2 heterocycles. The van der Waals surface area contributed by atoms with Crippen LogP contribution < -0.4 is 5.32 Å². The van der Waals surface area contributed by atoms with E-state index in [1.165, 1.54) is 0 Å². The molecule has 0 saturated carbocycles. The van der Waals surface area contributed by atoms with E-state index in [0.29, 0.717) is 17.9 Å². The third kappa shape index (κ3) is 4.93. The zero-order valence-electron chi connectivity index (χ0n) is 12.1. The van der Waals surface area contributed by atoms with Gasteiger partial charge in [-0.2, -0.15) is 0 Å². The van der Waals surface area contributed by atoms with Crippen LogP contribution in [0.2, 0.25) is 0 Å². The van der Waals surface area contributed by atoms with Gasteiger partial charge in [-0.15, -0.1) is 12.4 Å². The summed E-state index contributed by atoms with van der Waals surface area (Å²) in [7, 11) is 0. The van der Waals surface area contributed by atoms with Gasteiger partial charge >= 0.3 is 0 Å². The van der Waals surface area contributed by atoms with Gasteiger partial charge < -0.3 is 15.0 Å². The van der Waals surface area contributed by atoms with E-state index in [2.05, 4.69) is 19.2 Å². The highest BCUT2D eigenvalue weighted by molar-refractivity contribution is 5.85. The van der Waals surface area contributed by atoms with Crippen LogP contribution in [-0.2, 0) is 9.53 Å². The summed E-state index contributed by atoms with van der Waals surface area (Å²) in [6.07, 6.45) is 3.51. The number of carbonyl (C=O) groups is 1. The molecule has 2 aliphatic heterocycles. The second-order valence-electron chi connectivity index (χ2n) is 5.93. The van der Waals surface area contributed by atoms with E-state index in [1.807, 2.05) is 4.90 Å². The van der Waals surface area contributed by atoms with Crippen molar-refractivity contribution in [3.8, 4) is 0 Å². The fourth-order valence-corrected chi connectivity index (χ4v) is 2.43. The average Bonchev–Trinajstić information content (AvgIpc) is 2.27. The van der Waals surface area contributed by atoms with E-state index in [-0.39, 0.29) is 18.3 Å². The number of ether oxygens (including phenoxy) is 1. The van der Waals surface area contributed by atoms with Gasteiger partial charge in [0.1, 0.15) is 0 Å². The minimum Gasteiger partial charge on any atom is -0.378 e. The molecule has 2 aliphatic rings. The van der Waals surface area contributed by atoms with Gasteiger partial charge in [-0.1, -0.05) is 13.8 Å². The molecule has 5 heteroatoms.